The molecule has 2 atom stereocenters. The number of nitrogens with zero attached hydrogens (tertiary/aromatic N) is 2. The minimum atomic E-state index is -0.588. The summed E-state index contributed by atoms with van der Waals surface area (Å²) in [5, 5.41) is 13.7. The zero-order valence-corrected chi connectivity index (χ0v) is 16.8. The minimum absolute atomic E-state index is 0.0281. The van der Waals surface area contributed by atoms with Gasteiger partial charge in [0.15, 0.2) is 17.5 Å². The van der Waals surface area contributed by atoms with Gasteiger partial charge in [-0.25, -0.2) is 4.68 Å². The van der Waals surface area contributed by atoms with Gasteiger partial charge in [-0.1, -0.05) is 25.5 Å². The molecule has 2 amide bonds. The summed E-state index contributed by atoms with van der Waals surface area (Å²) in [5.41, 5.74) is 0.706. The van der Waals surface area contributed by atoms with E-state index in [1.165, 1.54) is 10.7 Å². The molecule has 0 aliphatic carbocycles. The number of hydrogen-bond acceptors (Lipinski definition) is 6. The number of nitrogens with one attached hydrogen (secondary N) is 3. The predicted octanol–water partition coefficient (Wildman–Crippen LogP) is 2.28. The van der Waals surface area contributed by atoms with E-state index in [4.69, 9.17) is 4.42 Å². The van der Waals surface area contributed by atoms with Gasteiger partial charge in [0.25, 0.3) is 5.91 Å². The molecule has 9 nitrogen and oxygen atoms in total. The summed E-state index contributed by atoms with van der Waals surface area (Å²) in [6, 6.07) is 9.63. The molecular weight excluding hydrogens is 386 g/mol. The second-order valence-electron chi connectivity index (χ2n) is 7.37. The van der Waals surface area contributed by atoms with Crippen LogP contribution in [-0.4, -0.2) is 27.6 Å². The normalized spacial score (nSPS) is 18.9. The fraction of sp³-hybridized carbons (Fsp3) is 0.333. The standard InChI is InChI=1S/C21H23N5O4/c1-3-6-13-10-19(28)24-21(22-13)26-18(9-12(2)25-26)23-20(29)17-11-15(27)14-7-4-5-8-16(14)30-17/h4-5,7-9,11,13,21-22H,3,6,10H2,1-2H3,(H,23,29)(H,24,28). The average molecular weight is 409 g/mol. The molecule has 1 fully saturated rings. The summed E-state index contributed by atoms with van der Waals surface area (Å²) in [6.45, 7) is 3.85. The Balaban J connectivity index is 1.61. The number of fused-ring (bicyclic) bond motifs is 1. The van der Waals surface area contributed by atoms with Crippen molar-refractivity contribution in [3.8, 4) is 0 Å². The van der Waals surface area contributed by atoms with Crippen LogP contribution >= 0.6 is 0 Å². The second-order valence-corrected chi connectivity index (χ2v) is 7.37. The minimum Gasteiger partial charge on any atom is -0.451 e. The Hall–Kier alpha value is -3.46. The van der Waals surface area contributed by atoms with Gasteiger partial charge in [-0.3, -0.25) is 19.7 Å². The first-order chi connectivity index (χ1) is 14.4. The Morgan fingerprint density at radius 3 is 2.90 bits per heavy atom. The van der Waals surface area contributed by atoms with Gasteiger partial charge < -0.3 is 15.1 Å². The zero-order chi connectivity index (χ0) is 21.3. The van der Waals surface area contributed by atoms with Crippen molar-refractivity contribution in [1.29, 1.82) is 0 Å². The lowest BCUT2D eigenvalue weighted by atomic mass is 10.1. The summed E-state index contributed by atoms with van der Waals surface area (Å²) in [5.74, 6) is -0.383. The molecule has 3 N–H and O–H groups in total. The molecule has 2 aromatic heterocycles. The number of benzene rings is 1. The Kier molecular flexibility index (Phi) is 5.37. The van der Waals surface area contributed by atoms with Crippen molar-refractivity contribution in [3.05, 3.63) is 58.1 Å². The molecule has 30 heavy (non-hydrogen) atoms. The number of anilines is 1. The molecule has 3 heterocycles. The van der Waals surface area contributed by atoms with Gasteiger partial charge in [0.1, 0.15) is 11.4 Å². The maximum absolute atomic E-state index is 12.8. The van der Waals surface area contributed by atoms with E-state index >= 15 is 0 Å². The highest BCUT2D eigenvalue weighted by atomic mass is 16.3. The first kappa shape index (κ1) is 19.8. The first-order valence-electron chi connectivity index (χ1n) is 9.90. The largest absolute Gasteiger partial charge is 0.451 e. The summed E-state index contributed by atoms with van der Waals surface area (Å²) in [6.07, 6.45) is 1.61. The Morgan fingerprint density at radius 2 is 2.10 bits per heavy atom. The number of rotatable bonds is 5. The van der Waals surface area contributed by atoms with Crippen LogP contribution in [0.5, 0.6) is 0 Å². The molecule has 1 aromatic carbocycles. The molecule has 0 bridgehead atoms. The van der Waals surface area contributed by atoms with Crippen molar-refractivity contribution in [2.45, 2.75) is 45.4 Å². The third kappa shape index (κ3) is 3.97. The highest BCUT2D eigenvalue weighted by molar-refractivity contribution is 6.02. The molecule has 1 aliphatic rings. The van der Waals surface area contributed by atoms with Crippen LogP contribution in [-0.2, 0) is 4.79 Å². The number of carbonyl (C=O) groups is 2. The average Bonchev–Trinajstić information content (AvgIpc) is 3.08. The van der Waals surface area contributed by atoms with E-state index in [2.05, 4.69) is 28.0 Å². The van der Waals surface area contributed by atoms with Crippen LogP contribution in [0.3, 0.4) is 0 Å². The van der Waals surface area contributed by atoms with Gasteiger partial charge in [0, 0.05) is 24.6 Å². The van der Waals surface area contributed by atoms with Gasteiger partial charge in [-0.2, -0.15) is 5.10 Å². The SMILES string of the molecule is CCCC1CC(=O)NC(n2nc(C)cc2NC(=O)c2cc(=O)c3ccccc3o2)N1. The number of hydrogen-bond donors (Lipinski definition) is 3. The van der Waals surface area contributed by atoms with Crippen LogP contribution in [0.4, 0.5) is 5.82 Å². The van der Waals surface area contributed by atoms with E-state index in [1.54, 1.807) is 37.3 Å². The molecule has 0 saturated carbocycles. The Labute approximate surface area is 172 Å². The predicted molar refractivity (Wildman–Crippen MR) is 111 cm³/mol. The van der Waals surface area contributed by atoms with Crippen molar-refractivity contribution in [2.24, 2.45) is 0 Å². The van der Waals surface area contributed by atoms with Gasteiger partial charge in [0.2, 0.25) is 5.91 Å². The molecule has 3 aromatic rings. The van der Waals surface area contributed by atoms with Crippen molar-refractivity contribution in [2.75, 3.05) is 5.32 Å². The number of aryl methyl sites for hydroxylation is 1. The lowest BCUT2D eigenvalue weighted by Gasteiger charge is -2.32. The third-order valence-corrected chi connectivity index (χ3v) is 4.96. The van der Waals surface area contributed by atoms with E-state index < -0.39 is 12.2 Å². The van der Waals surface area contributed by atoms with Crippen molar-refractivity contribution in [1.82, 2.24) is 20.4 Å². The fourth-order valence-corrected chi connectivity index (χ4v) is 3.63. The molecule has 9 heteroatoms. The molecule has 2 unspecified atom stereocenters. The maximum atomic E-state index is 12.8. The Bertz CT molecular complexity index is 1170. The van der Waals surface area contributed by atoms with Gasteiger partial charge in [-0.15, -0.1) is 0 Å². The van der Waals surface area contributed by atoms with Crippen LogP contribution in [0.1, 0.15) is 48.7 Å². The second kappa shape index (κ2) is 8.11. The van der Waals surface area contributed by atoms with Gasteiger partial charge >= 0.3 is 0 Å². The molecule has 4 rings (SSSR count). The molecule has 1 saturated heterocycles. The number of aromatic nitrogens is 2. The molecule has 1 aliphatic heterocycles. The monoisotopic (exact) mass is 409 g/mol. The van der Waals surface area contributed by atoms with Crippen LogP contribution < -0.4 is 21.4 Å². The summed E-state index contributed by atoms with van der Waals surface area (Å²) >= 11 is 0. The van der Waals surface area contributed by atoms with E-state index in [0.717, 1.165) is 12.8 Å². The number of carbonyl (C=O) groups excluding carboxylic acids is 2. The van der Waals surface area contributed by atoms with Crippen LogP contribution in [0.2, 0.25) is 0 Å². The highest BCUT2D eigenvalue weighted by Gasteiger charge is 2.28. The number of amides is 2. The summed E-state index contributed by atoms with van der Waals surface area (Å²) < 4.78 is 7.13. The van der Waals surface area contributed by atoms with E-state index in [0.29, 0.717) is 28.9 Å². The van der Waals surface area contributed by atoms with Crippen LogP contribution in [0, 0.1) is 6.92 Å². The van der Waals surface area contributed by atoms with E-state index in [9.17, 15) is 14.4 Å². The lowest BCUT2D eigenvalue weighted by molar-refractivity contribution is -0.125. The zero-order valence-electron chi connectivity index (χ0n) is 16.8. The van der Waals surface area contributed by atoms with Crippen molar-refractivity contribution < 1.29 is 14.0 Å². The van der Waals surface area contributed by atoms with Crippen LogP contribution in [0.15, 0.2) is 45.6 Å². The highest BCUT2D eigenvalue weighted by Crippen LogP contribution is 2.20. The van der Waals surface area contributed by atoms with E-state index in [-0.39, 0.29) is 23.1 Å². The van der Waals surface area contributed by atoms with Crippen molar-refractivity contribution >= 4 is 28.6 Å². The molecule has 156 valence electrons. The van der Waals surface area contributed by atoms with Gasteiger partial charge in [-0.05, 0) is 25.5 Å². The lowest BCUT2D eigenvalue weighted by Crippen LogP contribution is -2.53. The first-order valence-corrected chi connectivity index (χ1v) is 9.90. The molecule has 0 radical (unpaired) electrons. The van der Waals surface area contributed by atoms with E-state index in [1.807, 2.05) is 0 Å². The topological polar surface area (TPSA) is 118 Å². The third-order valence-electron chi connectivity index (χ3n) is 4.96. The molecular formula is C21H23N5O4. The molecule has 0 spiro atoms. The fourth-order valence-electron chi connectivity index (χ4n) is 3.63. The summed E-state index contributed by atoms with van der Waals surface area (Å²) in [4.78, 5) is 37.2. The summed E-state index contributed by atoms with van der Waals surface area (Å²) in [7, 11) is 0. The van der Waals surface area contributed by atoms with Crippen molar-refractivity contribution in [3.63, 3.8) is 0 Å². The maximum Gasteiger partial charge on any atom is 0.292 e. The smallest absolute Gasteiger partial charge is 0.292 e. The van der Waals surface area contributed by atoms with Gasteiger partial charge in [0.05, 0.1) is 11.1 Å². The number of para-hydroxylation sites is 1. The quantitative estimate of drug-likeness (QED) is 0.595. The van der Waals surface area contributed by atoms with Crippen LogP contribution in [0.25, 0.3) is 11.0 Å². The Morgan fingerprint density at radius 1 is 1.30 bits per heavy atom.